The maximum absolute atomic E-state index is 11.1. The number of benzene rings is 1. The predicted molar refractivity (Wildman–Crippen MR) is 64.6 cm³/mol. The molecule has 0 radical (unpaired) electrons. The summed E-state index contributed by atoms with van der Waals surface area (Å²) in [6, 6.07) is 6.79. The van der Waals surface area contributed by atoms with Crippen LogP contribution in [0.15, 0.2) is 24.3 Å². The summed E-state index contributed by atoms with van der Waals surface area (Å²) in [5.41, 5.74) is 0.840. The Bertz CT molecular complexity index is 335. The summed E-state index contributed by atoms with van der Waals surface area (Å²) in [6.45, 7) is 3.88. The predicted octanol–water partition coefficient (Wildman–Crippen LogP) is 3.54. The second-order valence-electron chi connectivity index (χ2n) is 3.68. The SMILES string of the molecule is CC(C)C(Nc1ccc(Cl)cc1)C(=O)Cl. The minimum Gasteiger partial charge on any atom is -0.374 e. The fourth-order valence-electron chi connectivity index (χ4n) is 1.21. The zero-order valence-corrected chi connectivity index (χ0v) is 10.1. The second kappa shape index (κ2) is 5.38. The molecule has 0 saturated heterocycles. The van der Waals surface area contributed by atoms with E-state index in [2.05, 4.69) is 5.32 Å². The van der Waals surface area contributed by atoms with Gasteiger partial charge in [-0.25, -0.2) is 0 Å². The highest BCUT2D eigenvalue weighted by atomic mass is 35.5. The third-order valence-electron chi connectivity index (χ3n) is 2.08. The molecule has 1 rings (SSSR count). The maximum atomic E-state index is 11.1. The van der Waals surface area contributed by atoms with Gasteiger partial charge in [0, 0.05) is 10.7 Å². The van der Waals surface area contributed by atoms with Crippen molar-refractivity contribution in [3.63, 3.8) is 0 Å². The van der Waals surface area contributed by atoms with Crippen molar-refractivity contribution < 1.29 is 4.79 Å². The molecule has 0 aromatic heterocycles. The molecule has 1 unspecified atom stereocenters. The quantitative estimate of drug-likeness (QED) is 0.823. The molecular weight excluding hydrogens is 233 g/mol. The number of hydrogen-bond acceptors (Lipinski definition) is 2. The van der Waals surface area contributed by atoms with E-state index < -0.39 is 0 Å². The Morgan fingerprint density at radius 2 is 1.80 bits per heavy atom. The van der Waals surface area contributed by atoms with Gasteiger partial charge in [0.2, 0.25) is 5.24 Å². The standard InChI is InChI=1S/C11H13Cl2NO/c1-7(2)10(11(13)15)14-9-5-3-8(12)4-6-9/h3-7,10,14H,1-2H3. The zero-order valence-electron chi connectivity index (χ0n) is 8.63. The van der Waals surface area contributed by atoms with Crippen molar-refractivity contribution >= 4 is 34.1 Å². The highest BCUT2D eigenvalue weighted by molar-refractivity contribution is 6.65. The first-order chi connectivity index (χ1) is 7.00. The van der Waals surface area contributed by atoms with Crippen LogP contribution in [0.2, 0.25) is 5.02 Å². The highest BCUT2D eigenvalue weighted by Crippen LogP contribution is 2.17. The van der Waals surface area contributed by atoms with Crippen molar-refractivity contribution in [1.82, 2.24) is 0 Å². The summed E-state index contributed by atoms with van der Waals surface area (Å²) in [6.07, 6.45) is 0. The Balaban J connectivity index is 2.74. The normalized spacial score (nSPS) is 12.6. The summed E-state index contributed by atoms with van der Waals surface area (Å²) in [7, 11) is 0. The van der Waals surface area contributed by atoms with Gasteiger partial charge >= 0.3 is 0 Å². The van der Waals surface area contributed by atoms with E-state index in [9.17, 15) is 4.79 Å². The van der Waals surface area contributed by atoms with Crippen LogP contribution in [0, 0.1) is 5.92 Å². The Morgan fingerprint density at radius 1 is 1.27 bits per heavy atom. The molecule has 1 aromatic rings. The molecule has 0 aliphatic carbocycles. The number of carbonyl (C=O) groups excluding carboxylic acids is 1. The van der Waals surface area contributed by atoms with Crippen LogP contribution in [0.5, 0.6) is 0 Å². The molecule has 1 N–H and O–H groups in total. The van der Waals surface area contributed by atoms with E-state index in [1.54, 1.807) is 12.1 Å². The maximum Gasteiger partial charge on any atom is 0.244 e. The largest absolute Gasteiger partial charge is 0.374 e. The lowest BCUT2D eigenvalue weighted by molar-refractivity contribution is -0.113. The number of hydrogen-bond donors (Lipinski definition) is 1. The molecule has 0 aliphatic rings. The monoisotopic (exact) mass is 245 g/mol. The topological polar surface area (TPSA) is 29.1 Å². The smallest absolute Gasteiger partial charge is 0.244 e. The third kappa shape index (κ3) is 3.73. The van der Waals surface area contributed by atoms with E-state index >= 15 is 0 Å². The Kier molecular flexibility index (Phi) is 4.43. The van der Waals surface area contributed by atoms with Gasteiger partial charge in [0.15, 0.2) is 0 Å². The summed E-state index contributed by atoms with van der Waals surface area (Å²) < 4.78 is 0. The molecule has 15 heavy (non-hydrogen) atoms. The van der Waals surface area contributed by atoms with Gasteiger partial charge in [-0.3, -0.25) is 4.79 Å². The number of rotatable bonds is 4. The molecule has 0 aliphatic heterocycles. The molecule has 2 nitrogen and oxygen atoms in total. The molecular formula is C11H13Cl2NO. The zero-order chi connectivity index (χ0) is 11.4. The van der Waals surface area contributed by atoms with Crippen LogP contribution < -0.4 is 5.32 Å². The molecule has 82 valence electrons. The fourth-order valence-corrected chi connectivity index (χ4v) is 1.64. The van der Waals surface area contributed by atoms with Gasteiger partial charge in [-0.2, -0.15) is 0 Å². The minimum atomic E-state index is -0.375. The van der Waals surface area contributed by atoms with Gasteiger partial charge in [-0.05, 0) is 41.8 Å². The highest BCUT2D eigenvalue weighted by Gasteiger charge is 2.19. The second-order valence-corrected chi connectivity index (χ2v) is 4.49. The van der Waals surface area contributed by atoms with Gasteiger partial charge in [0.05, 0.1) is 0 Å². The first-order valence-corrected chi connectivity index (χ1v) is 5.47. The number of nitrogens with one attached hydrogen (secondary N) is 1. The number of anilines is 1. The first kappa shape index (κ1) is 12.3. The van der Waals surface area contributed by atoms with E-state index in [1.165, 1.54) is 0 Å². The lowest BCUT2D eigenvalue weighted by Crippen LogP contribution is -2.31. The number of carbonyl (C=O) groups is 1. The molecule has 0 saturated carbocycles. The summed E-state index contributed by atoms with van der Waals surface area (Å²) in [5, 5.41) is 3.36. The minimum absolute atomic E-state index is 0.144. The van der Waals surface area contributed by atoms with Crippen LogP contribution in [0.4, 0.5) is 5.69 Å². The molecule has 0 fully saturated rings. The van der Waals surface area contributed by atoms with Crippen molar-refractivity contribution in [2.45, 2.75) is 19.9 Å². The van der Waals surface area contributed by atoms with Crippen LogP contribution in [0.3, 0.4) is 0 Å². The lowest BCUT2D eigenvalue weighted by atomic mass is 10.1. The average Bonchev–Trinajstić information content (AvgIpc) is 2.15. The van der Waals surface area contributed by atoms with E-state index in [1.807, 2.05) is 26.0 Å². The summed E-state index contributed by atoms with van der Waals surface area (Å²) in [4.78, 5) is 11.1. The first-order valence-electron chi connectivity index (χ1n) is 4.72. The average molecular weight is 246 g/mol. The Hall–Kier alpha value is -0.730. The van der Waals surface area contributed by atoms with Crippen LogP contribution in [-0.2, 0) is 4.79 Å². The Morgan fingerprint density at radius 3 is 2.20 bits per heavy atom. The van der Waals surface area contributed by atoms with Gasteiger partial charge in [0.25, 0.3) is 0 Å². The van der Waals surface area contributed by atoms with Crippen LogP contribution in [0.25, 0.3) is 0 Å². The number of halogens is 2. The molecule has 0 spiro atoms. The van der Waals surface area contributed by atoms with Crippen molar-refractivity contribution in [3.8, 4) is 0 Å². The van der Waals surface area contributed by atoms with Gasteiger partial charge in [-0.1, -0.05) is 25.4 Å². The van der Waals surface area contributed by atoms with Crippen LogP contribution in [0.1, 0.15) is 13.8 Å². The summed E-state index contributed by atoms with van der Waals surface area (Å²) >= 11 is 11.2. The van der Waals surface area contributed by atoms with Crippen molar-refractivity contribution in [1.29, 1.82) is 0 Å². The van der Waals surface area contributed by atoms with E-state index in [4.69, 9.17) is 23.2 Å². The molecule has 1 aromatic carbocycles. The third-order valence-corrected chi connectivity index (χ3v) is 2.56. The molecule has 0 heterocycles. The van der Waals surface area contributed by atoms with Crippen molar-refractivity contribution in [3.05, 3.63) is 29.3 Å². The van der Waals surface area contributed by atoms with E-state index in [0.717, 1.165) is 5.69 Å². The van der Waals surface area contributed by atoms with Crippen LogP contribution in [-0.4, -0.2) is 11.3 Å². The van der Waals surface area contributed by atoms with E-state index in [-0.39, 0.29) is 17.2 Å². The van der Waals surface area contributed by atoms with Crippen LogP contribution >= 0.6 is 23.2 Å². The molecule has 1 atom stereocenters. The molecule has 4 heteroatoms. The van der Waals surface area contributed by atoms with Crippen molar-refractivity contribution in [2.75, 3.05) is 5.32 Å². The molecule has 0 bridgehead atoms. The van der Waals surface area contributed by atoms with Crippen molar-refractivity contribution in [2.24, 2.45) is 5.92 Å². The van der Waals surface area contributed by atoms with Gasteiger partial charge < -0.3 is 5.32 Å². The fraction of sp³-hybridized carbons (Fsp3) is 0.364. The summed E-state index contributed by atoms with van der Waals surface area (Å²) in [5.74, 6) is 0.144. The van der Waals surface area contributed by atoms with E-state index in [0.29, 0.717) is 5.02 Å². The van der Waals surface area contributed by atoms with Gasteiger partial charge in [0.1, 0.15) is 6.04 Å². The Labute approximate surface area is 99.6 Å². The van der Waals surface area contributed by atoms with Gasteiger partial charge in [-0.15, -0.1) is 0 Å². The molecule has 0 amide bonds. The lowest BCUT2D eigenvalue weighted by Gasteiger charge is -2.19.